The zero-order chi connectivity index (χ0) is 22.9. The van der Waals surface area contributed by atoms with Gasteiger partial charge in [-0.25, -0.2) is 4.90 Å². The highest BCUT2D eigenvalue weighted by molar-refractivity contribution is 7.11. The summed E-state index contributed by atoms with van der Waals surface area (Å²) >= 11 is 1.46. The van der Waals surface area contributed by atoms with Crippen molar-refractivity contribution in [3.63, 3.8) is 0 Å². The number of nitrogens with zero attached hydrogens (tertiary/aromatic N) is 4. The van der Waals surface area contributed by atoms with Crippen LogP contribution in [0.3, 0.4) is 0 Å². The first-order valence-corrected chi connectivity index (χ1v) is 11.7. The van der Waals surface area contributed by atoms with E-state index in [1.807, 2.05) is 22.4 Å². The molecule has 33 heavy (non-hydrogen) atoms. The zero-order valence-corrected chi connectivity index (χ0v) is 19.0. The van der Waals surface area contributed by atoms with E-state index in [9.17, 15) is 9.59 Å². The number of carbonyl (C=O) groups excluding carboxylic acids is 2. The first-order valence-electron chi connectivity index (χ1n) is 10.8. The van der Waals surface area contributed by atoms with E-state index in [0.717, 1.165) is 18.0 Å². The molecule has 1 aromatic heterocycles. The highest BCUT2D eigenvalue weighted by Crippen LogP contribution is 2.37. The minimum atomic E-state index is -0.316. The molecule has 5 rings (SSSR count). The second-order valence-electron chi connectivity index (χ2n) is 8.12. The van der Waals surface area contributed by atoms with E-state index in [1.54, 1.807) is 24.3 Å². The Balaban J connectivity index is 1.45. The van der Waals surface area contributed by atoms with E-state index in [2.05, 4.69) is 42.2 Å². The van der Waals surface area contributed by atoms with E-state index in [0.29, 0.717) is 35.6 Å². The number of thiophene rings is 1. The number of carbonyl (C=O) groups is 2. The molecule has 164 valence electrons. The molecule has 3 heterocycles. The molecule has 0 radical (unpaired) electrons. The van der Waals surface area contributed by atoms with Crippen molar-refractivity contribution in [3.8, 4) is 6.07 Å². The topological polar surface area (TPSA) is 67.7 Å². The van der Waals surface area contributed by atoms with Gasteiger partial charge in [0, 0.05) is 36.7 Å². The Morgan fingerprint density at radius 3 is 2.21 bits per heavy atom. The van der Waals surface area contributed by atoms with E-state index in [1.165, 1.54) is 27.5 Å². The highest BCUT2D eigenvalue weighted by Gasteiger charge is 2.43. The summed E-state index contributed by atoms with van der Waals surface area (Å²) in [5.41, 5.74) is 4.28. The summed E-state index contributed by atoms with van der Waals surface area (Å²) in [4.78, 5) is 33.5. The number of nitriles is 1. The van der Waals surface area contributed by atoms with Gasteiger partial charge in [-0.05, 0) is 60.3 Å². The molecule has 2 aromatic carbocycles. The third kappa shape index (κ3) is 3.79. The molecular weight excluding hydrogens is 432 g/mol. The quantitative estimate of drug-likeness (QED) is 0.557. The molecule has 3 aromatic rings. The van der Waals surface area contributed by atoms with Crippen molar-refractivity contribution in [1.82, 2.24) is 4.90 Å². The lowest BCUT2D eigenvalue weighted by Gasteiger charge is -2.37. The van der Waals surface area contributed by atoms with Gasteiger partial charge in [0.15, 0.2) is 0 Å². The lowest BCUT2D eigenvalue weighted by molar-refractivity contribution is -0.120. The van der Waals surface area contributed by atoms with Gasteiger partial charge in [0.05, 0.1) is 22.9 Å². The molecule has 6 nitrogen and oxygen atoms in total. The lowest BCUT2D eigenvalue weighted by atomic mass is 10.1. The molecule has 7 heteroatoms. The summed E-state index contributed by atoms with van der Waals surface area (Å²) in [5, 5.41) is 11.0. The normalized spacial score (nSPS) is 16.5. The van der Waals surface area contributed by atoms with Gasteiger partial charge in [-0.1, -0.05) is 18.2 Å². The van der Waals surface area contributed by atoms with Crippen molar-refractivity contribution in [2.45, 2.75) is 6.92 Å². The molecule has 2 aliphatic rings. The number of benzene rings is 2. The molecule has 1 fully saturated rings. The second-order valence-corrected chi connectivity index (χ2v) is 9.07. The molecule has 0 aliphatic carbocycles. The van der Waals surface area contributed by atoms with Crippen LogP contribution < -0.4 is 9.80 Å². The number of amides is 2. The summed E-state index contributed by atoms with van der Waals surface area (Å²) in [5.74, 6) is -0.625. The number of anilines is 2. The molecule has 0 N–H and O–H groups in total. The lowest BCUT2D eigenvalue weighted by Crippen LogP contribution is -2.47. The van der Waals surface area contributed by atoms with Gasteiger partial charge >= 0.3 is 0 Å². The maximum absolute atomic E-state index is 13.6. The number of imide groups is 1. The highest BCUT2D eigenvalue weighted by atomic mass is 32.1. The third-order valence-electron chi connectivity index (χ3n) is 6.04. The van der Waals surface area contributed by atoms with Crippen LogP contribution >= 0.6 is 11.3 Å². The minimum Gasteiger partial charge on any atom is -0.368 e. The Morgan fingerprint density at radius 2 is 1.58 bits per heavy atom. The Labute approximate surface area is 196 Å². The summed E-state index contributed by atoms with van der Waals surface area (Å²) < 4.78 is 0. The van der Waals surface area contributed by atoms with Crippen LogP contribution in [0.15, 0.2) is 71.7 Å². The largest absolute Gasteiger partial charge is 0.368 e. The number of hydrogen-bond acceptors (Lipinski definition) is 6. The zero-order valence-electron chi connectivity index (χ0n) is 18.2. The molecular formula is C26H22N4O2S. The Kier molecular flexibility index (Phi) is 5.45. The molecule has 0 bridgehead atoms. The van der Waals surface area contributed by atoms with E-state index in [4.69, 9.17) is 5.26 Å². The fourth-order valence-corrected chi connectivity index (χ4v) is 5.15. The fourth-order valence-electron chi connectivity index (χ4n) is 4.39. The third-order valence-corrected chi connectivity index (χ3v) is 6.93. The van der Waals surface area contributed by atoms with Crippen molar-refractivity contribution in [2.24, 2.45) is 0 Å². The van der Waals surface area contributed by atoms with Gasteiger partial charge in [0.1, 0.15) is 5.70 Å². The number of rotatable bonds is 4. The molecule has 2 aliphatic heterocycles. The number of piperazine rings is 1. The van der Waals surface area contributed by atoms with Crippen LogP contribution in [0.4, 0.5) is 11.4 Å². The van der Waals surface area contributed by atoms with Crippen LogP contribution in [0, 0.1) is 18.3 Å². The van der Waals surface area contributed by atoms with Crippen LogP contribution in [0.2, 0.25) is 0 Å². The van der Waals surface area contributed by atoms with Crippen LogP contribution in [0.1, 0.15) is 16.0 Å². The van der Waals surface area contributed by atoms with Crippen LogP contribution in [0.25, 0.3) is 5.57 Å². The van der Waals surface area contributed by atoms with E-state index >= 15 is 0 Å². The number of hydrogen-bond donors (Lipinski definition) is 0. The minimum absolute atomic E-state index is 0.308. The van der Waals surface area contributed by atoms with Crippen molar-refractivity contribution < 1.29 is 9.59 Å². The van der Waals surface area contributed by atoms with Crippen LogP contribution in [0.5, 0.6) is 0 Å². The summed E-state index contributed by atoms with van der Waals surface area (Å²) in [7, 11) is 0. The maximum Gasteiger partial charge on any atom is 0.282 e. The van der Waals surface area contributed by atoms with Crippen molar-refractivity contribution in [1.29, 1.82) is 5.26 Å². The smallest absolute Gasteiger partial charge is 0.282 e. The first kappa shape index (κ1) is 21.0. The van der Waals surface area contributed by atoms with Gasteiger partial charge in [-0.15, -0.1) is 11.3 Å². The molecule has 0 spiro atoms. The van der Waals surface area contributed by atoms with Crippen LogP contribution in [-0.2, 0) is 9.59 Å². The summed E-state index contributed by atoms with van der Waals surface area (Å²) in [6.07, 6.45) is 0. The molecule has 0 saturated carbocycles. The monoisotopic (exact) mass is 454 g/mol. The van der Waals surface area contributed by atoms with Gasteiger partial charge < -0.3 is 9.80 Å². The van der Waals surface area contributed by atoms with Crippen molar-refractivity contribution in [2.75, 3.05) is 36.0 Å². The second kappa shape index (κ2) is 8.57. The van der Waals surface area contributed by atoms with Gasteiger partial charge in [-0.3, -0.25) is 9.59 Å². The summed E-state index contributed by atoms with van der Waals surface area (Å²) in [6.45, 7) is 4.92. The van der Waals surface area contributed by atoms with E-state index in [-0.39, 0.29) is 11.8 Å². The molecule has 1 saturated heterocycles. The fraction of sp³-hybridized carbons (Fsp3) is 0.192. The number of aryl methyl sites for hydroxylation is 1. The Hall–Kier alpha value is -3.89. The molecule has 0 atom stereocenters. The Bertz CT molecular complexity index is 1280. The predicted octanol–water partition coefficient (Wildman–Crippen LogP) is 4.03. The van der Waals surface area contributed by atoms with Crippen LogP contribution in [-0.4, -0.2) is 42.9 Å². The average molecular weight is 455 g/mol. The standard InChI is InChI=1S/C26H22N4O2S/c1-18-4-2-5-21(16-18)28-11-13-29(14-12-28)24-23(22-6-3-15-33-22)25(31)30(26(24)32)20-9-7-19(17-27)8-10-20/h2-10,15-16H,11-14H2,1H3. The van der Waals surface area contributed by atoms with Crippen molar-refractivity contribution in [3.05, 3.63) is 87.7 Å². The van der Waals surface area contributed by atoms with E-state index < -0.39 is 0 Å². The Morgan fingerprint density at radius 1 is 0.848 bits per heavy atom. The maximum atomic E-state index is 13.6. The SMILES string of the molecule is Cc1cccc(N2CCN(C3=C(c4cccs4)C(=O)N(c4ccc(C#N)cc4)C3=O)CC2)c1. The van der Waals surface area contributed by atoms with Gasteiger partial charge in [0.25, 0.3) is 11.8 Å². The van der Waals surface area contributed by atoms with Gasteiger partial charge in [-0.2, -0.15) is 5.26 Å². The average Bonchev–Trinajstić information content (AvgIpc) is 3.45. The predicted molar refractivity (Wildman–Crippen MR) is 130 cm³/mol. The molecule has 0 unspecified atom stereocenters. The molecule has 2 amide bonds. The first-order chi connectivity index (χ1) is 16.1. The van der Waals surface area contributed by atoms with Gasteiger partial charge in [0.2, 0.25) is 0 Å². The summed E-state index contributed by atoms with van der Waals surface area (Å²) in [6, 6.07) is 20.8. The van der Waals surface area contributed by atoms with Crippen molar-refractivity contribution >= 4 is 40.1 Å².